The van der Waals surface area contributed by atoms with Gasteiger partial charge in [-0.25, -0.2) is 0 Å². The molecular weight excluding hydrogens is 475 g/mol. The number of rotatable bonds is 3. The summed E-state index contributed by atoms with van der Waals surface area (Å²) in [5, 5.41) is 4.39. The van der Waals surface area contributed by atoms with Crippen LogP contribution < -0.4 is 21.1 Å². The molecule has 182 valence electrons. The highest BCUT2D eigenvalue weighted by molar-refractivity contribution is 6.31. The quantitative estimate of drug-likeness (QED) is 0.594. The van der Waals surface area contributed by atoms with Crippen LogP contribution in [0.5, 0.6) is 0 Å². The number of carbonyl (C=O) groups is 2. The summed E-state index contributed by atoms with van der Waals surface area (Å²) in [5.74, 6) is -1.49. The zero-order chi connectivity index (χ0) is 24.8. The molecule has 3 N–H and O–H groups in total. The van der Waals surface area contributed by atoms with Gasteiger partial charge in [-0.15, -0.1) is 0 Å². The van der Waals surface area contributed by atoms with Gasteiger partial charge in [-0.05, 0) is 36.5 Å². The largest absolute Gasteiger partial charge is 0.417 e. The summed E-state index contributed by atoms with van der Waals surface area (Å²) in [5.41, 5.74) is -1.89. The van der Waals surface area contributed by atoms with Crippen LogP contribution in [0.25, 0.3) is 0 Å². The van der Waals surface area contributed by atoms with E-state index in [0.717, 1.165) is 12.5 Å². The molecule has 3 heterocycles. The summed E-state index contributed by atoms with van der Waals surface area (Å²) in [6.07, 6.45) is -4.01. The second-order valence-corrected chi connectivity index (χ2v) is 9.40. The Labute approximate surface area is 197 Å². The molecule has 1 aromatic carbocycles. The highest BCUT2D eigenvalue weighted by atomic mass is 35.5. The van der Waals surface area contributed by atoms with Crippen molar-refractivity contribution in [3.8, 4) is 0 Å². The molecule has 2 amide bonds. The first-order valence-corrected chi connectivity index (χ1v) is 11.2. The minimum atomic E-state index is -4.71. The van der Waals surface area contributed by atoms with Crippen LogP contribution in [0.15, 0.2) is 23.0 Å². The topological polar surface area (TPSA) is 107 Å². The van der Waals surface area contributed by atoms with E-state index in [4.69, 9.17) is 11.6 Å². The first kappa shape index (κ1) is 24.1. The van der Waals surface area contributed by atoms with Crippen LogP contribution in [0.3, 0.4) is 0 Å². The van der Waals surface area contributed by atoms with Crippen LogP contribution in [0.2, 0.25) is 5.02 Å². The number of piperidine rings is 1. The smallest absolute Gasteiger partial charge is 0.342 e. The monoisotopic (exact) mass is 497 g/mol. The maximum Gasteiger partial charge on any atom is 0.417 e. The Morgan fingerprint density at radius 1 is 1.21 bits per heavy atom. The molecule has 8 nitrogen and oxygen atoms in total. The number of hydrogen-bond acceptors (Lipinski definition) is 5. The second kappa shape index (κ2) is 8.94. The van der Waals surface area contributed by atoms with Crippen molar-refractivity contribution < 1.29 is 22.8 Å². The number of fused-ring (bicyclic) bond motifs is 1. The molecule has 0 bridgehead atoms. The molecule has 0 spiro atoms. The molecule has 1 aromatic heterocycles. The van der Waals surface area contributed by atoms with Gasteiger partial charge in [0, 0.05) is 25.2 Å². The van der Waals surface area contributed by atoms with E-state index in [0.29, 0.717) is 36.9 Å². The molecule has 0 radical (unpaired) electrons. The number of aromatic nitrogens is 2. The fourth-order valence-electron chi connectivity index (χ4n) is 4.62. The van der Waals surface area contributed by atoms with E-state index >= 15 is 0 Å². The fraction of sp³-hybridized carbons (Fsp3) is 0.455. The van der Waals surface area contributed by atoms with Crippen molar-refractivity contribution in [2.45, 2.75) is 38.8 Å². The van der Waals surface area contributed by atoms with E-state index < -0.39 is 40.1 Å². The van der Waals surface area contributed by atoms with Crippen molar-refractivity contribution in [2.75, 3.05) is 28.6 Å². The molecule has 0 aliphatic carbocycles. The number of anilines is 3. The third-order valence-corrected chi connectivity index (χ3v) is 6.29. The average molecular weight is 498 g/mol. The summed E-state index contributed by atoms with van der Waals surface area (Å²) < 4.78 is 39.5. The van der Waals surface area contributed by atoms with Gasteiger partial charge in [0.15, 0.2) is 0 Å². The van der Waals surface area contributed by atoms with E-state index in [1.54, 1.807) is 0 Å². The van der Waals surface area contributed by atoms with E-state index in [2.05, 4.69) is 34.4 Å². The molecule has 2 aromatic rings. The number of hydrogen-bond donors (Lipinski definition) is 3. The first-order chi connectivity index (χ1) is 15.9. The van der Waals surface area contributed by atoms with Crippen molar-refractivity contribution >= 4 is 40.9 Å². The normalized spacial score (nSPS) is 22.7. The number of carbonyl (C=O) groups excluding carboxylic acids is 2. The second-order valence-electron chi connectivity index (χ2n) is 8.99. The summed E-state index contributed by atoms with van der Waals surface area (Å²) in [7, 11) is 0. The third kappa shape index (κ3) is 4.89. The summed E-state index contributed by atoms with van der Waals surface area (Å²) in [6.45, 7) is 5.56. The molecule has 2 aliphatic heterocycles. The highest BCUT2D eigenvalue weighted by Gasteiger charge is 2.37. The Kier molecular flexibility index (Phi) is 6.32. The maximum absolute atomic E-state index is 13.2. The van der Waals surface area contributed by atoms with Crippen LogP contribution in [0, 0.1) is 11.8 Å². The molecule has 0 saturated carbocycles. The van der Waals surface area contributed by atoms with Crippen LogP contribution in [0.4, 0.5) is 30.6 Å². The van der Waals surface area contributed by atoms with Gasteiger partial charge < -0.3 is 15.5 Å². The standard InChI is InChI=1S/C22H23ClF3N5O3/c1-10-5-11(2)9-31(8-10)21-29-18-17(20(34)30-21)13(7-16(32)28-18)19(33)27-12-3-4-15(23)14(6-12)22(24,25)26/h3-4,6,10-11,13H,5,7-9H2,1-2H3,(H,27,33)(H2,28,29,30,32,34)/t10-,11-,13+/m1/s1. The van der Waals surface area contributed by atoms with Gasteiger partial charge in [0.25, 0.3) is 5.56 Å². The average Bonchev–Trinajstić information content (AvgIpc) is 2.72. The lowest BCUT2D eigenvalue weighted by molar-refractivity contribution is -0.137. The first-order valence-electron chi connectivity index (χ1n) is 10.8. The number of alkyl halides is 3. The number of aromatic amines is 1. The number of halogens is 4. The Bertz CT molecular complexity index is 1190. The molecule has 12 heteroatoms. The summed E-state index contributed by atoms with van der Waals surface area (Å²) >= 11 is 5.63. The number of nitrogens with zero attached hydrogens (tertiary/aromatic N) is 2. The molecule has 1 fully saturated rings. The van der Waals surface area contributed by atoms with Crippen molar-refractivity contribution in [1.82, 2.24) is 9.97 Å². The van der Waals surface area contributed by atoms with Crippen molar-refractivity contribution in [2.24, 2.45) is 11.8 Å². The minimum absolute atomic E-state index is 0.0203. The molecule has 1 saturated heterocycles. The van der Waals surface area contributed by atoms with E-state index in [1.165, 1.54) is 6.07 Å². The Balaban J connectivity index is 1.64. The summed E-state index contributed by atoms with van der Waals surface area (Å²) in [6, 6.07) is 2.93. The van der Waals surface area contributed by atoms with E-state index in [1.807, 2.05) is 4.90 Å². The van der Waals surface area contributed by atoms with Crippen LogP contribution >= 0.6 is 11.6 Å². The van der Waals surface area contributed by atoms with Gasteiger partial charge in [0.1, 0.15) is 5.82 Å². The summed E-state index contributed by atoms with van der Waals surface area (Å²) in [4.78, 5) is 47.3. The zero-order valence-corrected chi connectivity index (χ0v) is 19.2. The molecule has 2 aliphatic rings. The predicted octanol–water partition coefficient (Wildman–Crippen LogP) is 3.99. The van der Waals surface area contributed by atoms with Gasteiger partial charge in [-0.1, -0.05) is 25.4 Å². The van der Waals surface area contributed by atoms with Crippen molar-refractivity contribution in [3.05, 3.63) is 44.7 Å². The van der Waals surface area contributed by atoms with Gasteiger partial charge in [0.2, 0.25) is 17.8 Å². The van der Waals surface area contributed by atoms with Gasteiger partial charge >= 0.3 is 6.18 Å². The van der Waals surface area contributed by atoms with Crippen molar-refractivity contribution in [3.63, 3.8) is 0 Å². The van der Waals surface area contributed by atoms with Crippen LogP contribution in [-0.4, -0.2) is 34.9 Å². The van der Waals surface area contributed by atoms with Gasteiger partial charge in [-0.2, -0.15) is 18.2 Å². The van der Waals surface area contributed by atoms with Gasteiger partial charge in [-0.3, -0.25) is 19.4 Å². The van der Waals surface area contributed by atoms with Crippen molar-refractivity contribution in [1.29, 1.82) is 0 Å². The number of nitrogens with one attached hydrogen (secondary N) is 3. The lowest BCUT2D eigenvalue weighted by atomic mass is 9.91. The zero-order valence-electron chi connectivity index (χ0n) is 18.4. The number of amides is 2. The van der Waals surface area contributed by atoms with Gasteiger partial charge in [0.05, 0.1) is 22.1 Å². The highest BCUT2D eigenvalue weighted by Crippen LogP contribution is 2.37. The van der Waals surface area contributed by atoms with Crippen LogP contribution in [0.1, 0.15) is 43.7 Å². The molecule has 34 heavy (non-hydrogen) atoms. The van der Waals surface area contributed by atoms with Crippen LogP contribution in [-0.2, 0) is 15.8 Å². The van der Waals surface area contributed by atoms with E-state index in [9.17, 15) is 27.6 Å². The predicted molar refractivity (Wildman–Crippen MR) is 121 cm³/mol. The SMILES string of the molecule is C[C@@H]1C[C@@H](C)CN(c2nc3c(c(=O)[nH]2)[C@@H](C(=O)Nc2ccc(Cl)c(C(F)(F)F)c2)CC(=O)N3)C1. The Hall–Kier alpha value is -3.08. The molecule has 3 atom stereocenters. The number of benzene rings is 1. The Morgan fingerprint density at radius 2 is 1.88 bits per heavy atom. The lowest BCUT2D eigenvalue weighted by Gasteiger charge is -2.35. The molecular formula is C22H23ClF3N5O3. The maximum atomic E-state index is 13.2. The Morgan fingerprint density at radius 3 is 2.53 bits per heavy atom. The third-order valence-electron chi connectivity index (χ3n) is 5.96. The minimum Gasteiger partial charge on any atom is -0.342 e. The molecule has 0 unspecified atom stereocenters. The molecule has 4 rings (SSSR count). The fourth-order valence-corrected chi connectivity index (χ4v) is 4.84. The number of H-pyrrole nitrogens is 1. The lowest BCUT2D eigenvalue weighted by Crippen LogP contribution is -2.42. The van der Waals surface area contributed by atoms with E-state index in [-0.39, 0.29) is 23.5 Å².